The molecule has 4 heterocycles. The van der Waals surface area contributed by atoms with E-state index in [-0.39, 0.29) is 5.91 Å². The van der Waals surface area contributed by atoms with Crippen LogP contribution in [-0.2, 0) is 9.47 Å². The number of piperidine rings is 2. The van der Waals surface area contributed by atoms with Crippen molar-refractivity contribution in [3.8, 4) is 0 Å². The van der Waals surface area contributed by atoms with Crippen LogP contribution < -0.4 is 4.90 Å². The van der Waals surface area contributed by atoms with Crippen LogP contribution >= 0.6 is 0 Å². The van der Waals surface area contributed by atoms with Gasteiger partial charge in [-0.3, -0.25) is 4.79 Å². The summed E-state index contributed by atoms with van der Waals surface area (Å²) in [6.07, 6.45) is 3.87. The number of carbonyl (C=O) groups excluding carboxylic acids is 1. The van der Waals surface area contributed by atoms with Crippen molar-refractivity contribution in [2.45, 2.75) is 45.3 Å². The van der Waals surface area contributed by atoms with Crippen molar-refractivity contribution in [1.29, 1.82) is 0 Å². The molecule has 3 aliphatic heterocycles. The van der Waals surface area contributed by atoms with Gasteiger partial charge >= 0.3 is 0 Å². The average Bonchev–Trinajstić information content (AvgIpc) is 3.09. The van der Waals surface area contributed by atoms with Gasteiger partial charge in [0.2, 0.25) is 0 Å². The number of likely N-dealkylation sites (tertiary alicyclic amines) is 1. The number of ether oxygens (including phenoxy) is 2. The molecule has 1 atom stereocenters. The zero-order chi connectivity index (χ0) is 18.1. The Morgan fingerprint density at radius 3 is 2.62 bits per heavy atom. The summed E-state index contributed by atoms with van der Waals surface area (Å²) in [4.78, 5) is 26.1. The zero-order valence-corrected chi connectivity index (χ0v) is 15.7. The van der Waals surface area contributed by atoms with Gasteiger partial charge in [0.05, 0.1) is 13.2 Å². The molecule has 3 aliphatic rings. The number of nitrogens with zero attached hydrogens (tertiary/aromatic N) is 4. The number of rotatable bonds is 2. The molecule has 0 bridgehead atoms. The van der Waals surface area contributed by atoms with Crippen LogP contribution in [0.5, 0.6) is 0 Å². The van der Waals surface area contributed by atoms with Gasteiger partial charge in [0.1, 0.15) is 17.3 Å². The van der Waals surface area contributed by atoms with Crippen molar-refractivity contribution >= 4 is 11.7 Å². The average molecular weight is 360 g/mol. The maximum atomic E-state index is 13.0. The fourth-order valence-corrected chi connectivity index (χ4v) is 4.22. The summed E-state index contributed by atoms with van der Waals surface area (Å²) in [5.41, 5.74) is 0.495. The zero-order valence-electron chi connectivity index (χ0n) is 15.7. The quantitative estimate of drug-likeness (QED) is 0.804. The van der Waals surface area contributed by atoms with Gasteiger partial charge in [0.25, 0.3) is 5.91 Å². The lowest BCUT2D eigenvalue weighted by Crippen LogP contribution is -2.47. The van der Waals surface area contributed by atoms with Gasteiger partial charge in [-0.2, -0.15) is 0 Å². The van der Waals surface area contributed by atoms with E-state index in [1.807, 2.05) is 17.9 Å². The Morgan fingerprint density at radius 1 is 1.19 bits per heavy atom. The number of hydrogen-bond acceptors (Lipinski definition) is 6. The topological polar surface area (TPSA) is 67.8 Å². The molecule has 26 heavy (non-hydrogen) atoms. The van der Waals surface area contributed by atoms with Gasteiger partial charge in [-0.05, 0) is 25.7 Å². The van der Waals surface area contributed by atoms with Crippen LogP contribution in [0.2, 0.25) is 0 Å². The summed E-state index contributed by atoms with van der Waals surface area (Å²) in [5, 5.41) is 0. The van der Waals surface area contributed by atoms with Crippen LogP contribution in [0.4, 0.5) is 5.82 Å². The molecule has 0 N–H and O–H groups in total. The molecule has 0 radical (unpaired) electrons. The highest BCUT2D eigenvalue weighted by Gasteiger charge is 2.41. The first-order chi connectivity index (χ1) is 12.5. The van der Waals surface area contributed by atoms with E-state index in [0.29, 0.717) is 43.7 Å². The number of aromatic nitrogens is 2. The second-order valence-electron chi connectivity index (χ2n) is 7.75. The molecule has 7 heteroatoms. The summed E-state index contributed by atoms with van der Waals surface area (Å²) in [6, 6.07) is 1.86. The van der Waals surface area contributed by atoms with Crippen molar-refractivity contribution in [3.05, 3.63) is 17.6 Å². The minimum absolute atomic E-state index is 0.0188. The summed E-state index contributed by atoms with van der Waals surface area (Å²) < 4.78 is 11.5. The molecule has 1 spiro atoms. The molecular formula is C19H28N4O3. The van der Waals surface area contributed by atoms with Gasteiger partial charge in [-0.15, -0.1) is 0 Å². The van der Waals surface area contributed by atoms with Gasteiger partial charge in [0.15, 0.2) is 5.79 Å². The number of aryl methyl sites for hydroxylation is 1. The van der Waals surface area contributed by atoms with Gasteiger partial charge < -0.3 is 19.3 Å². The molecule has 1 aromatic heterocycles. The lowest BCUT2D eigenvalue weighted by atomic mass is 10.0. The molecule has 142 valence electrons. The summed E-state index contributed by atoms with van der Waals surface area (Å²) in [5.74, 6) is 1.70. The molecule has 0 aliphatic carbocycles. The molecule has 0 aromatic carbocycles. The van der Waals surface area contributed by atoms with Crippen molar-refractivity contribution in [2.24, 2.45) is 5.92 Å². The van der Waals surface area contributed by atoms with Crippen molar-refractivity contribution in [1.82, 2.24) is 14.9 Å². The maximum Gasteiger partial charge on any atom is 0.272 e. The smallest absolute Gasteiger partial charge is 0.272 e. The van der Waals surface area contributed by atoms with Crippen LogP contribution in [0.3, 0.4) is 0 Å². The highest BCUT2D eigenvalue weighted by molar-refractivity contribution is 5.93. The Balaban J connectivity index is 1.47. The standard InChI is InChI=1S/C19H28N4O3/c1-14-4-3-7-23(13-14)17-12-16(20-15(2)21-17)18(24)22-8-5-19(6-9-22)25-10-11-26-19/h12,14H,3-11,13H2,1-2H3. The van der Waals surface area contributed by atoms with Crippen molar-refractivity contribution in [3.63, 3.8) is 0 Å². The molecule has 0 saturated carbocycles. The van der Waals surface area contributed by atoms with Crippen LogP contribution in [0, 0.1) is 12.8 Å². The molecule has 3 fully saturated rings. The summed E-state index contributed by atoms with van der Waals surface area (Å²) in [7, 11) is 0. The molecule has 4 rings (SSSR count). The molecule has 1 amide bonds. The van der Waals surface area contributed by atoms with Gasteiger partial charge in [-0.25, -0.2) is 9.97 Å². The summed E-state index contributed by atoms with van der Waals surface area (Å²) >= 11 is 0. The minimum atomic E-state index is -0.465. The van der Waals surface area contributed by atoms with Crippen LogP contribution in [0.25, 0.3) is 0 Å². The van der Waals surface area contributed by atoms with Crippen LogP contribution in [0.1, 0.15) is 48.9 Å². The Morgan fingerprint density at radius 2 is 1.92 bits per heavy atom. The van der Waals surface area contributed by atoms with E-state index in [2.05, 4.69) is 21.8 Å². The molecule has 1 unspecified atom stereocenters. The Hall–Kier alpha value is -1.73. The SMILES string of the molecule is Cc1nc(C(=O)N2CCC3(CC2)OCCO3)cc(N2CCCC(C)C2)n1. The lowest BCUT2D eigenvalue weighted by molar-refractivity contribution is -0.181. The predicted molar refractivity (Wildman–Crippen MR) is 97.2 cm³/mol. The van der Waals surface area contributed by atoms with Crippen molar-refractivity contribution < 1.29 is 14.3 Å². The predicted octanol–water partition coefficient (Wildman–Crippen LogP) is 2.00. The molecule has 1 aromatic rings. The highest BCUT2D eigenvalue weighted by Crippen LogP contribution is 2.32. The second kappa shape index (κ2) is 7.12. The fraction of sp³-hybridized carbons (Fsp3) is 0.737. The van der Waals surface area contributed by atoms with E-state index in [1.54, 1.807) is 0 Å². The monoisotopic (exact) mass is 360 g/mol. The Kier molecular flexibility index (Phi) is 4.84. The van der Waals surface area contributed by atoms with E-state index < -0.39 is 5.79 Å². The van der Waals surface area contributed by atoms with E-state index in [9.17, 15) is 4.79 Å². The van der Waals surface area contributed by atoms with E-state index >= 15 is 0 Å². The Bertz CT molecular complexity index is 665. The first-order valence-electron chi connectivity index (χ1n) is 9.72. The number of anilines is 1. The largest absolute Gasteiger partial charge is 0.356 e. The van der Waals surface area contributed by atoms with Crippen molar-refractivity contribution in [2.75, 3.05) is 44.3 Å². The minimum Gasteiger partial charge on any atom is -0.356 e. The maximum absolute atomic E-state index is 13.0. The van der Waals surface area contributed by atoms with Crippen LogP contribution in [-0.4, -0.2) is 66.0 Å². The first kappa shape index (κ1) is 17.7. The third kappa shape index (κ3) is 3.55. The first-order valence-corrected chi connectivity index (χ1v) is 9.72. The Labute approximate surface area is 154 Å². The number of amides is 1. The molecule has 7 nitrogen and oxygen atoms in total. The molecule has 3 saturated heterocycles. The normalized spacial score (nSPS) is 25.7. The van der Waals surface area contributed by atoms with Gasteiger partial charge in [-0.1, -0.05) is 6.92 Å². The molecular weight excluding hydrogens is 332 g/mol. The van der Waals surface area contributed by atoms with Gasteiger partial charge in [0, 0.05) is 45.1 Å². The van der Waals surface area contributed by atoms with E-state index in [4.69, 9.17) is 9.47 Å². The lowest BCUT2D eigenvalue weighted by Gasteiger charge is -2.37. The van der Waals surface area contributed by atoms with E-state index in [1.165, 1.54) is 12.8 Å². The highest BCUT2D eigenvalue weighted by atomic mass is 16.7. The second-order valence-corrected chi connectivity index (χ2v) is 7.75. The van der Waals surface area contributed by atoms with Crippen LogP contribution in [0.15, 0.2) is 6.07 Å². The fourth-order valence-electron chi connectivity index (χ4n) is 4.22. The number of hydrogen-bond donors (Lipinski definition) is 0. The third-order valence-electron chi connectivity index (χ3n) is 5.65. The number of carbonyl (C=O) groups is 1. The third-order valence-corrected chi connectivity index (χ3v) is 5.65. The summed E-state index contributed by atoms with van der Waals surface area (Å²) in [6.45, 7) is 8.69. The van der Waals surface area contributed by atoms with E-state index in [0.717, 1.165) is 31.7 Å².